The van der Waals surface area contributed by atoms with Gasteiger partial charge in [0.2, 0.25) is 0 Å². The minimum atomic E-state index is -0.0304. The molecule has 0 spiro atoms. The second-order valence-electron chi connectivity index (χ2n) is 3.66. The number of carbonyl (C=O) groups excluding carboxylic acids is 1. The van der Waals surface area contributed by atoms with Crippen molar-refractivity contribution >= 4 is 5.91 Å². The fraction of sp³-hybridized carbons (Fsp3) is 0.417. The molecule has 0 N–H and O–H groups in total. The molecule has 1 aromatic carbocycles. The maximum absolute atomic E-state index is 12.1. The molecule has 0 saturated carbocycles. The Morgan fingerprint density at radius 3 is 2.94 bits per heavy atom. The van der Waals surface area contributed by atoms with Crippen molar-refractivity contribution in [1.82, 2.24) is 4.90 Å². The molecular weight excluding hydrogens is 206 g/mol. The van der Waals surface area contributed by atoms with Gasteiger partial charge in [0, 0.05) is 6.54 Å². The molecular formula is C12H15NO3. The van der Waals surface area contributed by atoms with Crippen LogP contribution in [0, 0.1) is 0 Å². The van der Waals surface area contributed by atoms with E-state index in [9.17, 15) is 4.79 Å². The van der Waals surface area contributed by atoms with Gasteiger partial charge >= 0.3 is 0 Å². The fourth-order valence-corrected chi connectivity index (χ4v) is 1.75. The molecule has 16 heavy (non-hydrogen) atoms. The van der Waals surface area contributed by atoms with Gasteiger partial charge in [-0.15, -0.1) is 0 Å². The highest BCUT2D eigenvalue weighted by Crippen LogP contribution is 2.20. The van der Waals surface area contributed by atoms with E-state index in [4.69, 9.17) is 9.47 Å². The minimum Gasteiger partial charge on any atom is -0.496 e. The summed E-state index contributed by atoms with van der Waals surface area (Å²) in [6.45, 7) is 1.85. The van der Waals surface area contributed by atoms with Gasteiger partial charge in [-0.3, -0.25) is 4.79 Å². The van der Waals surface area contributed by atoms with Crippen LogP contribution in [-0.2, 0) is 4.74 Å². The van der Waals surface area contributed by atoms with E-state index in [2.05, 4.69) is 0 Å². The zero-order valence-corrected chi connectivity index (χ0v) is 9.31. The monoisotopic (exact) mass is 221 g/mol. The molecule has 0 unspecified atom stereocenters. The lowest BCUT2D eigenvalue weighted by Gasteiger charge is -2.27. The van der Waals surface area contributed by atoms with Crippen molar-refractivity contribution in [2.24, 2.45) is 0 Å². The zero-order valence-electron chi connectivity index (χ0n) is 9.31. The summed E-state index contributed by atoms with van der Waals surface area (Å²) in [5.41, 5.74) is 0.593. The van der Waals surface area contributed by atoms with Gasteiger partial charge < -0.3 is 14.4 Å². The standard InChI is InChI=1S/C12H15NO3/c1-15-11-6-3-2-5-10(11)12(14)13-7-4-8-16-9-13/h2-3,5-6H,4,7-9H2,1H3. The third-order valence-electron chi connectivity index (χ3n) is 2.59. The summed E-state index contributed by atoms with van der Waals surface area (Å²) in [6, 6.07) is 7.25. The molecule has 0 aromatic heterocycles. The van der Waals surface area contributed by atoms with Crippen LogP contribution in [0.15, 0.2) is 24.3 Å². The first kappa shape index (κ1) is 11.0. The van der Waals surface area contributed by atoms with Crippen molar-refractivity contribution in [3.8, 4) is 5.75 Å². The number of hydrogen-bond donors (Lipinski definition) is 0. The minimum absolute atomic E-state index is 0.0304. The Balaban J connectivity index is 2.19. The molecule has 2 rings (SSSR count). The predicted molar refractivity (Wildman–Crippen MR) is 59.5 cm³/mol. The Kier molecular flexibility index (Phi) is 3.41. The highest BCUT2D eigenvalue weighted by atomic mass is 16.5. The van der Waals surface area contributed by atoms with Crippen molar-refractivity contribution in [3.05, 3.63) is 29.8 Å². The van der Waals surface area contributed by atoms with Crippen LogP contribution in [0.5, 0.6) is 5.75 Å². The lowest BCUT2D eigenvalue weighted by Crippen LogP contribution is -2.38. The van der Waals surface area contributed by atoms with E-state index in [1.54, 1.807) is 24.1 Å². The predicted octanol–water partition coefficient (Wildman–Crippen LogP) is 1.52. The third-order valence-corrected chi connectivity index (χ3v) is 2.59. The Bertz CT molecular complexity index is 372. The van der Waals surface area contributed by atoms with Crippen LogP contribution in [-0.4, -0.2) is 37.8 Å². The molecule has 86 valence electrons. The number of amides is 1. The van der Waals surface area contributed by atoms with Crippen LogP contribution in [0.4, 0.5) is 0 Å². The van der Waals surface area contributed by atoms with E-state index in [-0.39, 0.29) is 5.91 Å². The third kappa shape index (κ3) is 2.17. The molecule has 1 saturated heterocycles. The normalized spacial score (nSPS) is 15.9. The van der Waals surface area contributed by atoms with Crippen LogP contribution in [0.25, 0.3) is 0 Å². The molecule has 4 nitrogen and oxygen atoms in total. The van der Waals surface area contributed by atoms with Crippen molar-refractivity contribution in [1.29, 1.82) is 0 Å². The van der Waals surface area contributed by atoms with E-state index in [0.29, 0.717) is 18.0 Å². The van der Waals surface area contributed by atoms with E-state index in [0.717, 1.165) is 19.6 Å². The summed E-state index contributed by atoms with van der Waals surface area (Å²) in [7, 11) is 1.57. The smallest absolute Gasteiger partial charge is 0.259 e. The number of rotatable bonds is 2. The number of nitrogens with zero attached hydrogens (tertiary/aromatic N) is 1. The Hall–Kier alpha value is -1.55. The van der Waals surface area contributed by atoms with Gasteiger partial charge in [-0.25, -0.2) is 0 Å². The average molecular weight is 221 g/mol. The summed E-state index contributed by atoms with van der Waals surface area (Å²) in [5.74, 6) is 0.579. The first-order valence-electron chi connectivity index (χ1n) is 5.33. The van der Waals surface area contributed by atoms with Crippen LogP contribution in [0.2, 0.25) is 0 Å². The van der Waals surface area contributed by atoms with Crippen molar-refractivity contribution in [3.63, 3.8) is 0 Å². The highest BCUT2D eigenvalue weighted by Gasteiger charge is 2.20. The molecule has 1 heterocycles. The van der Waals surface area contributed by atoms with Crippen molar-refractivity contribution in [2.75, 3.05) is 27.0 Å². The second-order valence-corrected chi connectivity index (χ2v) is 3.66. The van der Waals surface area contributed by atoms with Crippen molar-refractivity contribution in [2.45, 2.75) is 6.42 Å². The maximum atomic E-state index is 12.1. The molecule has 0 radical (unpaired) electrons. The Morgan fingerprint density at radius 2 is 2.25 bits per heavy atom. The molecule has 1 amide bonds. The van der Waals surface area contributed by atoms with Gasteiger partial charge in [-0.05, 0) is 18.6 Å². The Morgan fingerprint density at radius 1 is 1.44 bits per heavy atom. The molecule has 4 heteroatoms. The number of ether oxygens (including phenoxy) is 2. The molecule has 1 aliphatic heterocycles. The average Bonchev–Trinajstić information content (AvgIpc) is 2.39. The lowest BCUT2D eigenvalue weighted by molar-refractivity contribution is -0.00585. The summed E-state index contributed by atoms with van der Waals surface area (Å²) >= 11 is 0. The topological polar surface area (TPSA) is 38.8 Å². The van der Waals surface area contributed by atoms with E-state index in [1.165, 1.54) is 0 Å². The number of benzene rings is 1. The van der Waals surface area contributed by atoms with E-state index in [1.807, 2.05) is 12.1 Å². The molecule has 1 fully saturated rings. The summed E-state index contributed by atoms with van der Waals surface area (Å²) in [6.07, 6.45) is 0.890. The number of carbonyl (C=O) groups is 1. The fourth-order valence-electron chi connectivity index (χ4n) is 1.75. The van der Waals surface area contributed by atoms with E-state index < -0.39 is 0 Å². The largest absolute Gasteiger partial charge is 0.496 e. The van der Waals surface area contributed by atoms with Gasteiger partial charge in [0.05, 0.1) is 19.3 Å². The summed E-state index contributed by atoms with van der Waals surface area (Å²) < 4.78 is 10.4. The zero-order chi connectivity index (χ0) is 11.4. The van der Waals surface area contributed by atoms with Gasteiger partial charge in [0.15, 0.2) is 0 Å². The first-order valence-corrected chi connectivity index (χ1v) is 5.33. The first-order chi connectivity index (χ1) is 7.83. The van der Waals surface area contributed by atoms with Crippen molar-refractivity contribution < 1.29 is 14.3 Å². The lowest BCUT2D eigenvalue weighted by atomic mass is 10.1. The van der Waals surface area contributed by atoms with Crippen LogP contribution >= 0.6 is 0 Å². The molecule has 1 aromatic rings. The van der Waals surface area contributed by atoms with Crippen LogP contribution < -0.4 is 4.74 Å². The van der Waals surface area contributed by atoms with Gasteiger partial charge in [0.25, 0.3) is 5.91 Å². The quantitative estimate of drug-likeness (QED) is 0.760. The number of para-hydroxylation sites is 1. The van der Waals surface area contributed by atoms with Gasteiger partial charge in [-0.2, -0.15) is 0 Å². The van der Waals surface area contributed by atoms with Gasteiger partial charge in [-0.1, -0.05) is 12.1 Å². The van der Waals surface area contributed by atoms with Crippen LogP contribution in [0.1, 0.15) is 16.8 Å². The Labute approximate surface area is 94.8 Å². The maximum Gasteiger partial charge on any atom is 0.259 e. The molecule has 0 aliphatic carbocycles. The summed E-state index contributed by atoms with van der Waals surface area (Å²) in [5, 5.41) is 0. The van der Waals surface area contributed by atoms with Crippen LogP contribution in [0.3, 0.4) is 0 Å². The number of hydrogen-bond acceptors (Lipinski definition) is 3. The SMILES string of the molecule is COc1ccccc1C(=O)N1CCCOC1. The highest BCUT2D eigenvalue weighted by molar-refractivity contribution is 5.96. The second kappa shape index (κ2) is 4.99. The molecule has 0 atom stereocenters. The molecule has 0 bridgehead atoms. The van der Waals surface area contributed by atoms with E-state index >= 15 is 0 Å². The van der Waals surface area contributed by atoms with Gasteiger partial charge in [0.1, 0.15) is 12.5 Å². The molecule has 1 aliphatic rings. The summed E-state index contributed by atoms with van der Waals surface area (Å²) in [4.78, 5) is 13.8. The number of methoxy groups -OCH3 is 1.